The molecular formula is C16H23NO4. The summed E-state index contributed by atoms with van der Waals surface area (Å²) in [6.45, 7) is 5.87. The number of carbonyl (C=O) groups is 2. The average Bonchev–Trinajstić information content (AvgIpc) is 2.44. The van der Waals surface area contributed by atoms with E-state index < -0.39 is 11.9 Å². The first-order chi connectivity index (χ1) is 9.91. The smallest absolute Gasteiger partial charge is 0.308 e. The summed E-state index contributed by atoms with van der Waals surface area (Å²) in [4.78, 5) is 24.7. The summed E-state index contributed by atoms with van der Waals surface area (Å²) in [6, 6.07) is 9.26. The van der Waals surface area contributed by atoms with Crippen molar-refractivity contribution in [3.63, 3.8) is 0 Å². The quantitative estimate of drug-likeness (QED) is 0.799. The van der Waals surface area contributed by atoms with Crippen molar-refractivity contribution in [2.24, 2.45) is 5.92 Å². The van der Waals surface area contributed by atoms with Gasteiger partial charge in [0.2, 0.25) is 5.91 Å². The fourth-order valence-electron chi connectivity index (χ4n) is 1.89. The minimum absolute atomic E-state index is 0.0315. The Kier molecular flexibility index (Phi) is 6.72. The van der Waals surface area contributed by atoms with Gasteiger partial charge in [-0.15, -0.1) is 0 Å². The van der Waals surface area contributed by atoms with Crippen LogP contribution in [-0.4, -0.2) is 41.1 Å². The summed E-state index contributed by atoms with van der Waals surface area (Å²) >= 11 is 0. The largest absolute Gasteiger partial charge is 0.493 e. The number of benzene rings is 1. The molecule has 1 aromatic rings. The van der Waals surface area contributed by atoms with E-state index in [4.69, 9.17) is 9.84 Å². The molecule has 0 saturated heterocycles. The predicted octanol–water partition coefficient (Wildman–Crippen LogP) is 2.41. The summed E-state index contributed by atoms with van der Waals surface area (Å²) in [5, 5.41) is 8.96. The third-order valence-electron chi connectivity index (χ3n) is 3.16. The lowest BCUT2D eigenvalue weighted by atomic mass is 10.1. The van der Waals surface area contributed by atoms with Gasteiger partial charge in [0.15, 0.2) is 0 Å². The third-order valence-corrected chi connectivity index (χ3v) is 3.16. The number of nitrogens with zero attached hydrogens (tertiary/aromatic N) is 1. The molecule has 21 heavy (non-hydrogen) atoms. The molecule has 0 aliphatic rings. The van der Waals surface area contributed by atoms with E-state index in [0.717, 1.165) is 5.75 Å². The first-order valence-corrected chi connectivity index (χ1v) is 7.12. The Morgan fingerprint density at radius 2 is 1.81 bits per heavy atom. The van der Waals surface area contributed by atoms with Crippen molar-refractivity contribution in [1.82, 2.24) is 4.90 Å². The van der Waals surface area contributed by atoms with Crippen molar-refractivity contribution in [2.75, 3.05) is 13.2 Å². The highest BCUT2D eigenvalue weighted by molar-refractivity contribution is 5.78. The molecule has 0 radical (unpaired) electrons. The van der Waals surface area contributed by atoms with Crippen molar-refractivity contribution in [3.05, 3.63) is 30.3 Å². The van der Waals surface area contributed by atoms with Crippen LogP contribution in [0.1, 0.15) is 27.2 Å². The van der Waals surface area contributed by atoms with E-state index in [0.29, 0.717) is 0 Å². The normalized spacial score (nSPS) is 12.0. The number of ether oxygens (including phenoxy) is 1. The van der Waals surface area contributed by atoms with Crippen molar-refractivity contribution >= 4 is 11.9 Å². The third kappa shape index (κ3) is 5.85. The molecule has 0 aliphatic carbocycles. The minimum atomic E-state index is -0.894. The van der Waals surface area contributed by atoms with Crippen LogP contribution in [0.25, 0.3) is 0 Å². The summed E-state index contributed by atoms with van der Waals surface area (Å²) in [7, 11) is 0. The van der Waals surface area contributed by atoms with Gasteiger partial charge in [0.25, 0.3) is 0 Å². The zero-order chi connectivity index (χ0) is 15.8. The molecule has 1 atom stereocenters. The van der Waals surface area contributed by atoms with Gasteiger partial charge in [-0.1, -0.05) is 25.1 Å². The number of hydrogen-bond acceptors (Lipinski definition) is 3. The summed E-state index contributed by atoms with van der Waals surface area (Å²) in [6.07, 6.45) is 0.236. The lowest BCUT2D eigenvalue weighted by Crippen LogP contribution is -2.42. The van der Waals surface area contributed by atoms with Gasteiger partial charge in [-0.2, -0.15) is 0 Å². The Bertz CT molecular complexity index is 459. The summed E-state index contributed by atoms with van der Waals surface area (Å²) in [5.41, 5.74) is 0. The topological polar surface area (TPSA) is 66.8 Å². The molecule has 0 bridgehead atoms. The van der Waals surface area contributed by atoms with Crippen LogP contribution in [0.3, 0.4) is 0 Å². The van der Waals surface area contributed by atoms with Crippen molar-refractivity contribution in [3.8, 4) is 5.75 Å². The molecule has 0 aliphatic heterocycles. The van der Waals surface area contributed by atoms with Crippen LogP contribution in [0.5, 0.6) is 5.75 Å². The Morgan fingerprint density at radius 3 is 2.33 bits per heavy atom. The zero-order valence-corrected chi connectivity index (χ0v) is 12.8. The van der Waals surface area contributed by atoms with Crippen molar-refractivity contribution < 1.29 is 19.4 Å². The number of amides is 1. The molecule has 1 rings (SSSR count). The van der Waals surface area contributed by atoms with E-state index in [1.165, 1.54) is 0 Å². The number of para-hydroxylation sites is 1. The molecule has 1 aromatic carbocycles. The van der Waals surface area contributed by atoms with E-state index in [1.54, 1.807) is 11.8 Å². The molecule has 0 saturated carbocycles. The van der Waals surface area contributed by atoms with Gasteiger partial charge in [0.05, 0.1) is 18.9 Å². The van der Waals surface area contributed by atoms with Crippen LogP contribution in [0.2, 0.25) is 0 Å². The number of carboxylic acid groups (broad SMARTS) is 1. The average molecular weight is 293 g/mol. The molecule has 0 spiro atoms. The maximum absolute atomic E-state index is 12.2. The van der Waals surface area contributed by atoms with Gasteiger partial charge in [-0.3, -0.25) is 9.59 Å². The van der Waals surface area contributed by atoms with Crippen molar-refractivity contribution in [1.29, 1.82) is 0 Å². The summed E-state index contributed by atoms with van der Waals surface area (Å²) < 4.78 is 5.50. The highest BCUT2D eigenvalue weighted by atomic mass is 16.5. The minimum Gasteiger partial charge on any atom is -0.493 e. The van der Waals surface area contributed by atoms with Crippen LogP contribution in [0, 0.1) is 5.92 Å². The summed E-state index contributed by atoms with van der Waals surface area (Å²) in [5.74, 6) is -0.838. The Hall–Kier alpha value is -2.04. The van der Waals surface area contributed by atoms with Gasteiger partial charge in [0.1, 0.15) is 5.75 Å². The van der Waals surface area contributed by atoms with Gasteiger partial charge in [-0.25, -0.2) is 0 Å². The van der Waals surface area contributed by atoms with Gasteiger partial charge >= 0.3 is 5.97 Å². The highest BCUT2D eigenvalue weighted by Crippen LogP contribution is 2.11. The van der Waals surface area contributed by atoms with E-state index >= 15 is 0 Å². The fourth-order valence-corrected chi connectivity index (χ4v) is 1.89. The molecule has 5 nitrogen and oxygen atoms in total. The molecule has 1 unspecified atom stereocenters. The second kappa shape index (κ2) is 8.29. The number of aliphatic carboxylic acids is 1. The predicted molar refractivity (Wildman–Crippen MR) is 80.2 cm³/mol. The molecule has 1 N–H and O–H groups in total. The van der Waals surface area contributed by atoms with Crippen LogP contribution in [0.15, 0.2) is 30.3 Å². The van der Waals surface area contributed by atoms with Gasteiger partial charge in [0, 0.05) is 12.6 Å². The van der Waals surface area contributed by atoms with Gasteiger partial charge in [-0.05, 0) is 26.0 Å². The van der Waals surface area contributed by atoms with Gasteiger partial charge < -0.3 is 14.7 Å². The number of carboxylic acids is 1. The van der Waals surface area contributed by atoms with Crippen LogP contribution in [-0.2, 0) is 9.59 Å². The maximum Gasteiger partial charge on any atom is 0.308 e. The molecular weight excluding hydrogens is 270 g/mol. The number of hydrogen-bond donors (Lipinski definition) is 1. The van der Waals surface area contributed by atoms with E-state index in [9.17, 15) is 9.59 Å². The lowest BCUT2D eigenvalue weighted by molar-refractivity contribution is -0.143. The Balaban J connectivity index is 2.48. The zero-order valence-electron chi connectivity index (χ0n) is 12.8. The SMILES string of the molecule is CC(CN(C(=O)CCOc1ccccc1)C(C)C)C(=O)O. The molecule has 0 aromatic heterocycles. The van der Waals surface area contributed by atoms with Crippen LogP contribution in [0.4, 0.5) is 0 Å². The van der Waals surface area contributed by atoms with E-state index in [1.807, 2.05) is 44.2 Å². The standard InChI is InChI=1S/C16H23NO4/c1-12(2)17(11-13(3)16(19)20)15(18)9-10-21-14-7-5-4-6-8-14/h4-8,12-13H,9-11H2,1-3H3,(H,19,20). The monoisotopic (exact) mass is 293 g/mol. The Labute approximate surface area is 125 Å². The first-order valence-electron chi connectivity index (χ1n) is 7.12. The van der Waals surface area contributed by atoms with E-state index in [2.05, 4.69) is 0 Å². The first kappa shape index (κ1) is 17.0. The second-order valence-electron chi connectivity index (χ2n) is 5.29. The number of carbonyl (C=O) groups excluding carboxylic acids is 1. The van der Waals surface area contributed by atoms with Crippen LogP contribution >= 0.6 is 0 Å². The molecule has 0 fully saturated rings. The molecule has 116 valence electrons. The molecule has 1 amide bonds. The number of rotatable bonds is 8. The lowest BCUT2D eigenvalue weighted by Gasteiger charge is -2.28. The van der Waals surface area contributed by atoms with Crippen LogP contribution < -0.4 is 4.74 Å². The second-order valence-corrected chi connectivity index (χ2v) is 5.29. The Morgan fingerprint density at radius 1 is 1.19 bits per heavy atom. The maximum atomic E-state index is 12.2. The van der Waals surface area contributed by atoms with E-state index in [-0.39, 0.29) is 31.5 Å². The molecule has 5 heteroatoms. The van der Waals surface area contributed by atoms with Crippen molar-refractivity contribution in [2.45, 2.75) is 33.2 Å². The molecule has 0 heterocycles. The fraction of sp³-hybridized carbons (Fsp3) is 0.500. The highest BCUT2D eigenvalue weighted by Gasteiger charge is 2.22.